The summed E-state index contributed by atoms with van der Waals surface area (Å²) in [5.74, 6) is -0.533. The number of carbonyl (C=O) groups is 2. The van der Waals surface area contributed by atoms with Gasteiger partial charge in [-0.15, -0.1) is 0 Å². The molecule has 2 aliphatic heterocycles. The van der Waals surface area contributed by atoms with Crippen molar-refractivity contribution in [2.24, 2.45) is 10.1 Å². The van der Waals surface area contributed by atoms with Gasteiger partial charge in [0.25, 0.3) is 5.91 Å². The molecule has 2 aliphatic rings. The predicted molar refractivity (Wildman–Crippen MR) is 151 cm³/mol. The molecule has 0 unspecified atom stereocenters. The van der Waals surface area contributed by atoms with Gasteiger partial charge in [-0.2, -0.15) is 10.1 Å². The molecule has 0 aromatic heterocycles. The van der Waals surface area contributed by atoms with Crippen molar-refractivity contribution in [2.45, 2.75) is 44.9 Å². The van der Waals surface area contributed by atoms with Gasteiger partial charge in [-0.3, -0.25) is 9.59 Å². The van der Waals surface area contributed by atoms with E-state index < -0.39 is 5.25 Å². The Morgan fingerprint density at radius 3 is 2.46 bits per heavy atom. The monoisotopic (exact) mass is 530 g/mol. The number of aliphatic imine (C=N–C) groups is 1. The highest BCUT2D eigenvalue weighted by molar-refractivity contribution is 8.15. The SMILES string of the molecule is Cc1ccc(C2=NN(C3=NC(=O)[C@H](CC(=O)Nc4ccc(C)c(C)c4)S3)[C@@H](c3ccc(Cl)cc3)C2)cc1. The van der Waals surface area contributed by atoms with E-state index in [-0.39, 0.29) is 24.3 Å². The fourth-order valence-electron chi connectivity index (χ4n) is 4.36. The minimum Gasteiger partial charge on any atom is -0.326 e. The Morgan fingerprint density at radius 2 is 1.76 bits per heavy atom. The summed E-state index contributed by atoms with van der Waals surface area (Å²) < 4.78 is 0. The molecule has 0 aliphatic carbocycles. The molecular formula is C29H27ClN4O2S. The molecule has 3 aromatic rings. The first kappa shape index (κ1) is 25.2. The highest BCUT2D eigenvalue weighted by Crippen LogP contribution is 2.39. The average Bonchev–Trinajstić information content (AvgIpc) is 3.46. The highest BCUT2D eigenvalue weighted by atomic mass is 35.5. The largest absolute Gasteiger partial charge is 0.326 e. The molecule has 0 bridgehead atoms. The van der Waals surface area contributed by atoms with Gasteiger partial charge in [0, 0.05) is 23.6 Å². The average molecular weight is 531 g/mol. The molecule has 1 N–H and O–H groups in total. The molecule has 6 nitrogen and oxygen atoms in total. The molecule has 3 aromatic carbocycles. The quantitative estimate of drug-likeness (QED) is 0.411. The van der Waals surface area contributed by atoms with Crippen LogP contribution in [0.25, 0.3) is 0 Å². The number of benzene rings is 3. The normalized spacial score (nSPS) is 19.1. The lowest BCUT2D eigenvalue weighted by molar-refractivity contribution is -0.121. The molecule has 37 heavy (non-hydrogen) atoms. The Labute approximate surface area is 225 Å². The van der Waals surface area contributed by atoms with Crippen LogP contribution in [0.3, 0.4) is 0 Å². The van der Waals surface area contributed by atoms with Gasteiger partial charge in [0.15, 0.2) is 5.17 Å². The summed E-state index contributed by atoms with van der Waals surface area (Å²) in [5, 5.41) is 10.2. The van der Waals surface area contributed by atoms with E-state index in [0.717, 1.165) is 33.7 Å². The van der Waals surface area contributed by atoms with E-state index >= 15 is 0 Å². The fraction of sp³-hybridized carbons (Fsp3) is 0.241. The molecule has 5 rings (SSSR count). The van der Waals surface area contributed by atoms with Crippen LogP contribution in [0.2, 0.25) is 5.02 Å². The summed E-state index contributed by atoms with van der Waals surface area (Å²) in [6.45, 7) is 6.07. The maximum atomic E-state index is 12.8. The molecule has 2 amide bonds. The zero-order chi connectivity index (χ0) is 26.1. The number of hydrogen-bond donors (Lipinski definition) is 1. The van der Waals surface area contributed by atoms with Crippen LogP contribution in [0.4, 0.5) is 5.69 Å². The van der Waals surface area contributed by atoms with Crippen LogP contribution < -0.4 is 5.32 Å². The number of rotatable bonds is 5. The van der Waals surface area contributed by atoms with E-state index in [1.807, 2.05) is 61.3 Å². The number of hydrazone groups is 1. The Morgan fingerprint density at radius 1 is 1.03 bits per heavy atom. The second-order valence-corrected chi connectivity index (χ2v) is 11.0. The Bertz CT molecular complexity index is 1420. The molecule has 0 saturated heterocycles. The van der Waals surface area contributed by atoms with Gasteiger partial charge < -0.3 is 5.32 Å². The van der Waals surface area contributed by atoms with Crippen molar-refractivity contribution in [2.75, 3.05) is 5.32 Å². The van der Waals surface area contributed by atoms with Gasteiger partial charge in [-0.05, 0) is 67.3 Å². The molecule has 0 fully saturated rings. The fourth-order valence-corrected chi connectivity index (χ4v) is 5.54. The second-order valence-electron chi connectivity index (χ2n) is 9.42. The van der Waals surface area contributed by atoms with Crippen LogP contribution in [-0.4, -0.2) is 33.0 Å². The number of nitrogens with one attached hydrogen (secondary N) is 1. The molecule has 2 atom stereocenters. The highest BCUT2D eigenvalue weighted by Gasteiger charge is 2.39. The van der Waals surface area contributed by atoms with Crippen LogP contribution in [0.5, 0.6) is 0 Å². The summed E-state index contributed by atoms with van der Waals surface area (Å²) in [5.41, 5.74) is 7.14. The van der Waals surface area contributed by atoms with E-state index in [2.05, 4.69) is 41.5 Å². The lowest BCUT2D eigenvalue weighted by atomic mass is 9.98. The standard InChI is InChI=1S/C29H27ClN4O2S/c1-17-4-7-20(8-5-17)24-15-25(21-9-11-22(30)12-10-21)34(33-24)29-32-28(36)26(37-29)16-27(35)31-23-13-6-18(2)19(3)14-23/h4-14,25-26H,15-16H2,1-3H3,(H,31,35)/t25-,26+/m1/s1. The number of amides is 2. The van der Waals surface area contributed by atoms with Crippen LogP contribution >= 0.6 is 23.4 Å². The smallest absolute Gasteiger partial charge is 0.262 e. The summed E-state index contributed by atoms with van der Waals surface area (Å²) in [6, 6.07) is 21.5. The number of halogens is 1. The van der Waals surface area contributed by atoms with Crippen molar-refractivity contribution >= 4 is 51.7 Å². The molecule has 8 heteroatoms. The topological polar surface area (TPSA) is 74.1 Å². The predicted octanol–water partition coefficient (Wildman–Crippen LogP) is 6.44. The number of thioether (sulfide) groups is 1. The summed E-state index contributed by atoms with van der Waals surface area (Å²) in [4.78, 5) is 29.9. The van der Waals surface area contributed by atoms with Crippen LogP contribution in [0.15, 0.2) is 76.8 Å². The Kier molecular flexibility index (Phi) is 7.17. The summed E-state index contributed by atoms with van der Waals surface area (Å²) in [6.07, 6.45) is 0.702. The lowest BCUT2D eigenvalue weighted by Crippen LogP contribution is -2.25. The van der Waals surface area contributed by atoms with Crippen molar-refractivity contribution in [3.8, 4) is 0 Å². The number of aryl methyl sites for hydroxylation is 3. The number of carbonyl (C=O) groups excluding carboxylic acids is 2. The lowest BCUT2D eigenvalue weighted by Gasteiger charge is -2.23. The van der Waals surface area contributed by atoms with E-state index in [1.165, 1.54) is 17.3 Å². The van der Waals surface area contributed by atoms with Crippen LogP contribution in [-0.2, 0) is 9.59 Å². The van der Waals surface area contributed by atoms with Gasteiger partial charge >= 0.3 is 0 Å². The Balaban J connectivity index is 1.34. The summed E-state index contributed by atoms with van der Waals surface area (Å²) in [7, 11) is 0. The first-order valence-corrected chi connectivity index (χ1v) is 13.4. The Hall–Kier alpha value is -3.42. The van der Waals surface area contributed by atoms with E-state index in [9.17, 15) is 9.59 Å². The van der Waals surface area contributed by atoms with Crippen molar-refractivity contribution in [3.63, 3.8) is 0 Å². The number of anilines is 1. The van der Waals surface area contributed by atoms with Gasteiger partial charge in [0.2, 0.25) is 5.91 Å². The minimum atomic E-state index is -0.592. The second kappa shape index (κ2) is 10.5. The molecule has 0 spiro atoms. The van der Waals surface area contributed by atoms with E-state index in [4.69, 9.17) is 16.7 Å². The number of nitrogens with zero attached hydrogens (tertiary/aromatic N) is 3. The van der Waals surface area contributed by atoms with Crippen molar-refractivity contribution in [3.05, 3.63) is 99.6 Å². The third kappa shape index (κ3) is 5.63. The van der Waals surface area contributed by atoms with Gasteiger partial charge in [0.1, 0.15) is 5.25 Å². The first-order chi connectivity index (χ1) is 17.8. The van der Waals surface area contributed by atoms with Crippen LogP contribution in [0, 0.1) is 20.8 Å². The van der Waals surface area contributed by atoms with Crippen LogP contribution in [0.1, 0.15) is 46.7 Å². The molecule has 2 heterocycles. The zero-order valence-corrected chi connectivity index (χ0v) is 22.4. The van der Waals surface area contributed by atoms with E-state index in [1.54, 1.807) is 0 Å². The van der Waals surface area contributed by atoms with Gasteiger partial charge in [-0.1, -0.05) is 71.4 Å². The number of hydrogen-bond acceptors (Lipinski definition) is 5. The first-order valence-electron chi connectivity index (χ1n) is 12.1. The van der Waals surface area contributed by atoms with Gasteiger partial charge in [-0.25, -0.2) is 5.01 Å². The molecule has 0 radical (unpaired) electrons. The molecule has 188 valence electrons. The van der Waals surface area contributed by atoms with Crippen molar-refractivity contribution < 1.29 is 9.59 Å². The van der Waals surface area contributed by atoms with Crippen molar-refractivity contribution in [1.29, 1.82) is 0 Å². The van der Waals surface area contributed by atoms with Crippen molar-refractivity contribution in [1.82, 2.24) is 5.01 Å². The third-order valence-corrected chi connectivity index (χ3v) is 8.03. The third-order valence-electron chi connectivity index (χ3n) is 6.64. The van der Waals surface area contributed by atoms with Gasteiger partial charge in [0.05, 0.1) is 11.8 Å². The maximum absolute atomic E-state index is 12.8. The molecular weight excluding hydrogens is 504 g/mol. The summed E-state index contributed by atoms with van der Waals surface area (Å²) >= 11 is 7.42. The minimum absolute atomic E-state index is 0.0391. The van der Waals surface area contributed by atoms with E-state index in [0.29, 0.717) is 16.6 Å². The number of amidine groups is 1. The zero-order valence-electron chi connectivity index (χ0n) is 20.9. The maximum Gasteiger partial charge on any atom is 0.262 e. The molecule has 0 saturated carbocycles.